The molecule has 2 aromatic heterocycles. The lowest BCUT2D eigenvalue weighted by atomic mass is 10.2. The summed E-state index contributed by atoms with van der Waals surface area (Å²) in [4.78, 5) is 4.00. The van der Waals surface area contributed by atoms with E-state index in [0.717, 1.165) is 18.2 Å². The van der Waals surface area contributed by atoms with Gasteiger partial charge in [-0.15, -0.1) is 0 Å². The third kappa shape index (κ3) is 2.01. The quantitative estimate of drug-likeness (QED) is 0.766. The zero-order valence-electron chi connectivity index (χ0n) is 9.57. The maximum absolute atomic E-state index is 13.5. The molecule has 0 aliphatic carbocycles. The predicted octanol–water partition coefficient (Wildman–Crippen LogP) is 3.50. The highest BCUT2D eigenvalue weighted by atomic mass is 19.1. The molecule has 19 heavy (non-hydrogen) atoms. The number of benzene rings is 1. The van der Waals surface area contributed by atoms with E-state index in [9.17, 15) is 13.2 Å². The minimum absolute atomic E-state index is 0.189. The lowest BCUT2D eigenvalue weighted by molar-refractivity contribution is 0.590. The van der Waals surface area contributed by atoms with E-state index in [1.54, 1.807) is 6.20 Å². The van der Waals surface area contributed by atoms with Gasteiger partial charge in [0, 0.05) is 24.7 Å². The van der Waals surface area contributed by atoms with E-state index >= 15 is 0 Å². The normalized spacial score (nSPS) is 10.9. The van der Waals surface area contributed by atoms with Gasteiger partial charge in [0.2, 0.25) is 0 Å². The fourth-order valence-corrected chi connectivity index (χ4v) is 1.84. The van der Waals surface area contributed by atoms with Crippen molar-refractivity contribution in [3.63, 3.8) is 0 Å². The predicted molar refractivity (Wildman–Crippen MR) is 64.8 cm³/mol. The molecule has 1 N–H and O–H groups in total. The summed E-state index contributed by atoms with van der Waals surface area (Å²) in [6.45, 7) is 0. The van der Waals surface area contributed by atoms with Crippen LogP contribution in [0, 0.1) is 17.5 Å². The average molecular weight is 263 g/mol. The second-order valence-corrected chi connectivity index (χ2v) is 3.95. The highest BCUT2D eigenvalue weighted by molar-refractivity contribution is 5.74. The molecule has 0 unspecified atom stereocenters. The van der Waals surface area contributed by atoms with Gasteiger partial charge in [-0.05, 0) is 12.1 Å². The molecule has 3 rings (SSSR count). The number of fused-ring (bicyclic) bond motifs is 1. The smallest absolute Gasteiger partial charge is 0.160 e. The number of halogens is 3. The number of nitrogens with one attached hydrogen (secondary N) is 1. The fourth-order valence-electron chi connectivity index (χ4n) is 1.84. The topological polar surface area (TPSA) is 29.3 Å². The summed E-state index contributed by atoms with van der Waals surface area (Å²) < 4.78 is 41.9. The second-order valence-electron chi connectivity index (χ2n) is 3.95. The van der Waals surface area contributed by atoms with Gasteiger partial charge in [0.1, 0.15) is 23.1 Å². The first kappa shape index (κ1) is 11.6. The molecule has 0 aliphatic heterocycles. The number of pyridine rings is 1. The Morgan fingerprint density at radius 2 is 1.84 bits per heavy atom. The van der Waals surface area contributed by atoms with Crippen LogP contribution < -0.4 is 5.32 Å². The minimum atomic E-state index is -0.756. The van der Waals surface area contributed by atoms with Crippen molar-refractivity contribution >= 4 is 17.0 Å². The van der Waals surface area contributed by atoms with Crippen LogP contribution >= 0.6 is 0 Å². The average Bonchev–Trinajstić information content (AvgIpc) is 2.81. The lowest BCUT2D eigenvalue weighted by Crippen LogP contribution is -2.00. The van der Waals surface area contributed by atoms with E-state index < -0.39 is 17.5 Å². The van der Waals surface area contributed by atoms with Crippen molar-refractivity contribution in [1.29, 1.82) is 0 Å². The number of hydrogen-bond donors (Lipinski definition) is 1. The van der Waals surface area contributed by atoms with Crippen molar-refractivity contribution in [1.82, 2.24) is 9.38 Å². The van der Waals surface area contributed by atoms with Crippen LogP contribution in [0.3, 0.4) is 0 Å². The van der Waals surface area contributed by atoms with E-state index in [0.29, 0.717) is 5.65 Å². The Kier molecular flexibility index (Phi) is 2.63. The van der Waals surface area contributed by atoms with Crippen molar-refractivity contribution in [2.24, 2.45) is 0 Å². The zero-order valence-corrected chi connectivity index (χ0v) is 9.57. The Labute approximate surface area is 106 Å². The van der Waals surface area contributed by atoms with Crippen LogP contribution in [0.25, 0.3) is 5.65 Å². The molecule has 0 bridgehead atoms. The first-order chi connectivity index (χ1) is 9.15. The molecule has 6 heteroatoms. The maximum Gasteiger partial charge on any atom is 0.160 e. The number of nitrogens with zero attached hydrogens (tertiary/aromatic N) is 2. The van der Waals surface area contributed by atoms with Crippen LogP contribution in [0.15, 0.2) is 42.9 Å². The Hall–Kier alpha value is -2.50. The van der Waals surface area contributed by atoms with Crippen molar-refractivity contribution in [2.75, 3.05) is 5.32 Å². The molecule has 1 aromatic carbocycles. The molecule has 0 radical (unpaired) electrons. The maximum atomic E-state index is 13.5. The number of imidazole rings is 1. The van der Waals surface area contributed by atoms with E-state index in [-0.39, 0.29) is 11.4 Å². The summed E-state index contributed by atoms with van der Waals surface area (Å²) in [5.74, 6) is -2.05. The molecule has 3 nitrogen and oxygen atoms in total. The first-order valence-electron chi connectivity index (χ1n) is 5.48. The van der Waals surface area contributed by atoms with Gasteiger partial charge in [0.25, 0.3) is 0 Å². The van der Waals surface area contributed by atoms with Crippen molar-refractivity contribution in [3.8, 4) is 0 Å². The summed E-state index contributed by atoms with van der Waals surface area (Å²) in [6, 6.07) is 4.63. The number of para-hydroxylation sites is 1. The standard InChI is InChI=1S/C13H8F3N3/c14-8-6-11(13-17-4-5-19(13)7-8)18-12-9(15)2-1-3-10(12)16/h1-7,18H. The van der Waals surface area contributed by atoms with Gasteiger partial charge in [-0.1, -0.05) is 6.07 Å². The Bertz CT molecular complexity index is 732. The molecule has 0 saturated heterocycles. The highest BCUT2D eigenvalue weighted by Crippen LogP contribution is 2.26. The summed E-state index contributed by atoms with van der Waals surface area (Å²) in [7, 11) is 0. The summed E-state index contributed by atoms with van der Waals surface area (Å²) >= 11 is 0. The van der Waals surface area contributed by atoms with Gasteiger partial charge >= 0.3 is 0 Å². The SMILES string of the molecule is Fc1cc(Nc2c(F)cccc2F)c2nccn2c1. The zero-order chi connectivity index (χ0) is 13.4. The Balaban J connectivity index is 2.13. The van der Waals surface area contributed by atoms with Crippen LogP contribution in [-0.4, -0.2) is 9.38 Å². The van der Waals surface area contributed by atoms with Gasteiger partial charge in [0.05, 0.1) is 5.69 Å². The van der Waals surface area contributed by atoms with Crippen LogP contribution in [0.1, 0.15) is 0 Å². The molecule has 0 fully saturated rings. The summed E-state index contributed by atoms with van der Waals surface area (Å²) in [6.07, 6.45) is 4.24. The van der Waals surface area contributed by atoms with Gasteiger partial charge in [0.15, 0.2) is 5.65 Å². The van der Waals surface area contributed by atoms with Crippen LogP contribution in [0.2, 0.25) is 0 Å². The Morgan fingerprint density at radius 1 is 1.11 bits per heavy atom. The molecule has 0 aliphatic rings. The molecule has 96 valence electrons. The molecular formula is C13H8F3N3. The second kappa shape index (κ2) is 4.31. The van der Waals surface area contributed by atoms with Crippen LogP contribution in [0.5, 0.6) is 0 Å². The van der Waals surface area contributed by atoms with Crippen LogP contribution in [0.4, 0.5) is 24.5 Å². The third-order valence-corrected chi connectivity index (χ3v) is 2.68. The van der Waals surface area contributed by atoms with E-state index in [4.69, 9.17) is 0 Å². The van der Waals surface area contributed by atoms with E-state index in [1.807, 2.05) is 0 Å². The Morgan fingerprint density at radius 3 is 2.58 bits per heavy atom. The molecule has 3 aromatic rings. The van der Waals surface area contributed by atoms with Crippen LogP contribution in [-0.2, 0) is 0 Å². The van der Waals surface area contributed by atoms with Gasteiger partial charge in [-0.2, -0.15) is 0 Å². The molecular weight excluding hydrogens is 255 g/mol. The van der Waals surface area contributed by atoms with E-state index in [1.165, 1.54) is 22.9 Å². The molecule has 0 spiro atoms. The number of aromatic nitrogens is 2. The molecule has 0 atom stereocenters. The number of rotatable bonds is 2. The highest BCUT2D eigenvalue weighted by Gasteiger charge is 2.12. The van der Waals surface area contributed by atoms with Gasteiger partial charge < -0.3 is 9.72 Å². The summed E-state index contributed by atoms with van der Waals surface area (Å²) in [5.41, 5.74) is 0.232. The first-order valence-corrected chi connectivity index (χ1v) is 5.48. The lowest BCUT2D eigenvalue weighted by Gasteiger charge is -2.10. The largest absolute Gasteiger partial charge is 0.348 e. The number of anilines is 2. The third-order valence-electron chi connectivity index (χ3n) is 2.68. The van der Waals surface area contributed by atoms with Crippen molar-refractivity contribution in [2.45, 2.75) is 0 Å². The van der Waals surface area contributed by atoms with Gasteiger partial charge in [-0.25, -0.2) is 18.2 Å². The van der Waals surface area contributed by atoms with Crippen molar-refractivity contribution < 1.29 is 13.2 Å². The minimum Gasteiger partial charge on any atom is -0.348 e. The molecule has 0 amide bonds. The number of hydrogen-bond acceptors (Lipinski definition) is 2. The molecule has 0 saturated carbocycles. The fraction of sp³-hybridized carbons (Fsp3) is 0. The summed E-state index contributed by atoms with van der Waals surface area (Å²) in [5, 5.41) is 2.54. The monoisotopic (exact) mass is 263 g/mol. The molecule has 2 heterocycles. The van der Waals surface area contributed by atoms with Crippen molar-refractivity contribution in [3.05, 3.63) is 60.3 Å². The van der Waals surface area contributed by atoms with E-state index in [2.05, 4.69) is 10.3 Å². The van der Waals surface area contributed by atoms with Gasteiger partial charge in [-0.3, -0.25) is 0 Å².